The quantitative estimate of drug-likeness (QED) is 0.0734. The van der Waals surface area contributed by atoms with Crippen LogP contribution in [0.5, 0.6) is 0 Å². The fraction of sp³-hybridized carbons (Fsp3) is 0.905. The van der Waals surface area contributed by atoms with E-state index in [4.69, 9.17) is 18.9 Å². The minimum atomic E-state index is -1.70. The Hall–Kier alpha value is -1.60. The van der Waals surface area contributed by atoms with Gasteiger partial charge in [-0.1, -0.05) is 53.2 Å². The lowest BCUT2D eigenvalue weighted by Crippen LogP contribution is -2.69. The molecule has 0 aromatic rings. The van der Waals surface area contributed by atoms with E-state index in [0.717, 1.165) is 25.5 Å². The zero-order valence-corrected chi connectivity index (χ0v) is 34.1. The average molecular weight is 811 g/mol. The number of carbonyl (C=O) groups excluding carboxylic acids is 2. The molecule has 2 aliphatic heterocycles. The van der Waals surface area contributed by atoms with Gasteiger partial charge in [-0.2, -0.15) is 0 Å². The van der Waals surface area contributed by atoms with Crippen molar-refractivity contribution in [3.8, 4) is 0 Å². The Morgan fingerprint density at radius 2 is 1.33 bits per heavy atom. The second-order valence-corrected chi connectivity index (χ2v) is 20.5. The van der Waals surface area contributed by atoms with E-state index in [1.807, 2.05) is 0 Å². The number of aliphatic hydroxyl groups excluding tert-OH is 9. The van der Waals surface area contributed by atoms with Gasteiger partial charge >= 0.3 is 5.97 Å². The van der Waals surface area contributed by atoms with Gasteiger partial charge in [-0.3, -0.25) is 4.79 Å². The minimum absolute atomic E-state index is 0.0183. The van der Waals surface area contributed by atoms with Crippen molar-refractivity contribution in [2.75, 3.05) is 13.2 Å². The van der Waals surface area contributed by atoms with Crippen LogP contribution in [0.4, 0.5) is 0 Å². The Bertz CT molecular complexity index is 1570. The van der Waals surface area contributed by atoms with Gasteiger partial charge in [-0.15, -0.1) is 0 Å². The Labute approximate surface area is 334 Å². The number of fused-ring (bicyclic) bond motifs is 7. The number of rotatable bonds is 7. The van der Waals surface area contributed by atoms with Crippen LogP contribution in [0.1, 0.15) is 99.3 Å². The molecular weight excluding hydrogens is 744 g/mol. The monoisotopic (exact) mass is 810 g/mol. The van der Waals surface area contributed by atoms with Gasteiger partial charge in [0.15, 0.2) is 6.29 Å². The molecule has 0 radical (unpaired) electrons. The lowest BCUT2D eigenvalue weighted by molar-refractivity contribution is -0.338. The van der Waals surface area contributed by atoms with Crippen molar-refractivity contribution in [2.45, 2.75) is 173 Å². The van der Waals surface area contributed by atoms with E-state index >= 15 is 0 Å². The first-order valence-corrected chi connectivity index (χ1v) is 20.9. The summed E-state index contributed by atoms with van der Waals surface area (Å²) in [5.74, 6) is -0.956. The van der Waals surface area contributed by atoms with Gasteiger partial charge in [0.05, 0.1) is 36.3 Å². The minimum Gasteiger partial charge on any atom is -0.432 e. The molecule has 20 atom stereocenters. The third-order valence-electron chi connectivity index (χ3n) is 17.1. The molecule has 5 aliphatic carbocycles. The highest BCUT2D eigenvalue weighted by atomic mass is 16.7. The van der Waals surface area contributed by atoms with Crippen molar-refractivity contribution in [3.63, 3.8) is 0 Å². The molecule has 0 aromatic heterocycles. The SMILES string of the molecule is CC1(C)CC[C@]2(C(=O)O[C@@H]3O[C@H](CO)[C@@H](O)[C@H](O)[C@H]3O)CC[C@]3(C)C(=CC[C@@H]4[C@@]5(C)C[C@H](O)[C@H](O[C@@H]6O[C@H](CO)[C@@H](O)[C@H](O)[C@H]6O)[C@@](C)(C=O)[C@@H]5CC[C@]43C)[C@@H]2C1. The van der Waals surface area contributed by atoms with Gasteiger partial charge in [-0.25, -0.2) is 0 Å². The van der Waals surface area contributed by atoms with Crippen molar-refractivity contribution >= 4 is 12.3 Å². The molecule has 0 aromatic carbocycles. The third-order valence-corrected chi connectivity index (χ3v) is 17.1. The Morgan fingerprint density at radius 3 is 1.93 bits per heavy atom. The van der Waals surface area contributed by atoms with Crippen molar-refractivity contribution in [3.05, 3.63) is 11.6 Å². The lowest BCUT2D eigenvalue weighted by Gasteiger charge is -2.71. The summed E-state index contributed by atoms with van der Waals surface area (Å²) in [6, 6.07) is 0. The van der Waals surface area contributed by atoms with Crippen LogP contribution < -0.4 is 0 Å². The first-order valence-electron chi connectivity index (χ1n) is 20.9. The number of aliphatic hydroxyl groups is 9. The second-order valence-electron chi connectivity index (χ2n) is 20.5. The number of hydrogen-bond donors (Lipinski definition) is 9. The van der Waals surface area contributed by atoms with E-state index in [1.54, 1.807) is 6.92 Å². The van der Waals surface area contributed by atoms with Crippen molar-refractivity contribution in [1.82, 2.24) is 0 Å². The van der Waals surface area contributed by atoms with Crippen LogP contribution in [0, 0.1) is 50.2 Å². The van der Waals surface area contributed by atoms with Crippen LogP contribution in [0.3, 0.4) is 0 Å². The summed E-state index contributed by atoms with van der Waals surface area (Å²) in [6.07, 6.45) is -9.04. The molecule has 0 unspecified atom stereocenters. The molecule has 2 saturated heterocycles. The predicted molar refractivity (Wildman–Crippen MR) is 199 cm³/mol. The van der Waals surface area contributed by atoms with Gasteiger partial charge in [0.25, 0.3) is 0 Å². The summed E-state index contributed by atoms with van der Waals surface area (Å²) >= 11 is 0. The molecule has 6 fully saturated rings. The summed E-state index contributed by atoms with van der Waals surface area (Å²) in [7, 11) is 0. The van der Waals surface area contributed by atoms with Crippen LogP contribution >= 0.6 is 0 Å². The van der Waals surface area contributed by atoms with E-state index in [-0.39, 0.29) is 40.4 Å². The van der Waals surface area contributed by atoms with Gasteiger partial charge in [0.2, 0.25) is 6.29 Å². The van der Waals surface area contributed by atoms with Gasteiger partial charge in [0, 0.05) is 0 Å². The standard InChI is InChI=1S/C42H66O15/c1-37(2)11-13-42(36(53)57-35-32(52)30(50)28(48)24(18-44)55-35)14-12-40(5)20(21(42)15-37)7-8-26-38(3)16-22(46)33(39(4,19-45)25(38)9-10-41(26,40)6)56-34-31(51)29(49)27(47)23(17-43)54-34/h7,19,21-35,43-44,46-52H,8-18H2,1-6H3/t21-,22-,23+,24+,25+,26+,27+,28+,29-,30-,31+,32+,33-,34-,35-,38-,39-,40+,41+,42-/m0/s1. The van der Waals surface area contributed by atoms with Gasteiger partial charge < -0.3 is 69.7 Å². The number of aldehydes is 1. The molecule has 15 nitrogen and oxygen atoms in total. The fourth-order valence-corrected chi connectivity index (χ4v) is 13.6. The molecule has 4 saturated carbocycles. The summed E-state index contributed by atoms with van der Waals surface area (Å²) in [6.45, 7) is 11.7. The molecule has 0 spiro atoms. The van der Waals surface area contributed by atoms with E-state index in [0.29, 0.717) is 32.1 Å². The highest BCUT2D eigenvalue weighted by molar-refractivity contribution is 5.79. The Kier molecular flexibility index (Phi) is 11.3. The molecule has 9 N–H and O–H groups in total. The summed E-state index contributed by atoms with van der Waals surface area (Å²) in [5, 5.41) is 94.6. The highest BCUT2D eigenvalue weighted by Crippen LogP contribution is 2.76. The Balaban J connectivity index is 1.19. The highest BCUT2D eigenvalue weighted by Gasteiger charge is 2.71. The van der Waals surface area contributed by atoms with E-state index in [9.17, 15) is 55.5 Å². The van der Waals surface area contributed by atoms with Crippen molar-refractivity contribution in [1.29, 1.82) is 0 Å². The van der Waals surface area contributed by atoms with E-state index < -0.39 is 109 Å². The maximum Gasteiger partial charge on any atom is 0.315 e. The second kappa shape index (κ2) is 14.8. The van der Waals surface area contributed by atoms with Crippen LogP contribution in [-0.2, 0) is 28.5 Å². The number of allylic oxidation sites excluding steroid dienone is 2. The van der Waals surface area contributed by atoms with Crippen molar-refractivity contribution < 1.29 is 74.5 Å². The number of hydrogen-bond acceptors (Lipinski definition) is 15. The van der Waals surface area contributed by atoms with E-state index in [1.165, 1.54) is 5.57 Å². The Morgan fingerprint density at radius 1 is 0.754 bits per heavy atom. The predicted octanol–water partition coefficient (Wildman–Crippen LogP) is 0.466. The maximum atomic E-state index is 14.6. The van der Waals surface area contributed by atoms with Crippen LogP contribution in [0.15, 0.2) is 11.6 Å². The first-order chi connectivity index (χ1) is 26.6. The molecular formula is C42H66O15. The summed E-state index contributed by atoms with van der Waals surface area (Å²) < 4.78 is 23.4. The fourth-order valence-electron chi connectivity index (χ4n) is 13.6. The molecule has 15 heteroatoms. The molecule has 7 rings (SSSR count). The zero-order valence-electron chi connectivity index (χ0n) is 34.1. The largest absolute Gasteiger partial charge is 0.432 e. The molecule has 324 valence electrons. The number of ether oxygens (including phenoxy) is 4. The molecule has 0 amide bonds. The average Bonchev–Trinajstić information content (AvgIpc) is 3.16. The third kappa shape index (κ3) is 6.35. The topological polar surface area (TPSA) is 253 Å². The summed E-state index contributed by atoms with van der Waals surface area (Å²) in [5.41, 5.74) is -2.30. The molecule has 2 heterocycles. The molecule has 57 heavy (non-hydrogen) atoms. The lowest BCUT2D eigenvalue weighted by atomic mass is 9.33. The number of carbonyl (C=O) groups is 2. The van der Waals surface area contributed by atoms with Crippen LogP contribution in [0.25, 0.3) is 0 Å². The van der Waals surface area contributed by atoms with Gasteiger partial charge in [0.1, 0.15) is 55.1 Å². The molecule has 0 bridgehead atoms. The molecule has 7 aliphatic rings. The van der Waals surface area contributed by atoms with Gasteiger partial charge in [-0.05, 0) is 97.2 Å². The summed E-state index contributed by atoms with van der Waals surface area (Å²) in [4.78, 5) is 27.9. The first kappa shape index (κ1) is 43.5. The number of esters is 1. The maximum absolute atomic E-state index is 14.6. The van der Waals surface area contributed by atoms with Crippen LogP contribution in [0.2, 0.25) is 0 Å². The van der Waals surface area contributed by atoms with Crippen molar-refractivity contribution in [2.24, 2.45) is 50.2 Å². The van der Waals surface area contributed by atoms with Crippen LogP contribution in [-0.4, -0.2) is 145 Å². The van der Waals surface area contributed by atoms with E-state index in [2.05, 4.69) is 40.7 Å². The normalized spacial score (nSPS) is 54.6. The smallest absolute Gasteiger partial charge is 0.315 e. The zero-order chi connectivity index (χ0) is 41.8.